The summed E-state index contributed by atoms with van der Waals surface area (Å²) in [6, 6.07) is 5.98. The molecule has 5 heteroatoms. The molecule has 0 radical (unpaired) electrons. The molecule has 5 nitrogen and oxygen atoms in total. The summed E-state index contributed by atoms with van der Waals surface area (Å²) in [6.07, 6.45) is 7.49. The Bertz CT molecular complexity index is 538. The fourth-order valence-corrected chi connectivity index (χ4v) is 2.59. The molecule has 2 aromatic heterocycles. The van der Waals surface area contributed by atoms with Crippen molar-refractivity contribution in [3.05, 3.63) is 48.3 Å². The quantitative estimate of drug-likeness (QED) is 0.909. The number of aromatic nitrogens is 3. The molecule has 1 N–H and O–H groups in total. The zero-order valence-electron chi connectivity index (χ0n) is 10.6. The van der Waals surface area contributed by atoms with Gasteiger partial charge in [-0.3, -0.25) is 9.78 Å². The first-order valence-electron chi connectivity index (χ1n) is 6.52. The van der Waals surface area contributed by atoms with Crippen molar-refractivity contribution in [3.8, 4) is 0 Å². The molecule has 0 aromatic carbocycles. The molecule has 0 aliphatic carbocycles. The topological polar surface area (TPSA) is 61.9 Å². The third kappa shape index (κ3) is 2.50. The number of H-pyrrole nitrogens is 1. The van der Waals surface area contributed by atoms with Crippen molar-refractivity contribution in [2.45, 2.75) is 25.3 Å². The van der Waals surface area contributed by atoms with Crippen LogP contribution in [0.4, 0.5) is 0 Å². The Morgan fingerprint density at radius 3 is 3.16 bits per heavy atom. The number of likely N-dealkylation sites (tertiary alicyclic amines) is 1. The first-order chi connectivity index (χ1) is 9.34. The maximum Gasteiger partial charge on any atom is 0.229 e. The molecule has 0 unspecified atom stereocenters. The number of carbonyl (C=O) groups excluding carboxylic acids is 1. The SMILES string of the molecule is O=C(Cc1cnc[nH]1)N1CCC[C@H]1c1ccccn1. The van der Waals surface area contributed by atoms with Gasteiger partial charge in [0.15, 0.2) is 0 Å². The average molecular weight is 256 g/mol. The summed E-state index contributed by atoms with van der Waals surface area (Å²) in [6.45, 7) is 0.814. The maximum atomic E-state index is 12.3. The third-order valence-electron chi connectivity index (χ3n) is 3.50. The highest BCUT2D eigenvalue weighted by Gasteiger charge is 2.30. The smallest absolute Gasteiger partial charge is 0.229 e. The second-order valence-corrected chi connectivity index (χ2v) is 4.75. The monoisotopic (exact) mass is 256 g/mol. The van der Waals surface area contributed by atoms with Gasteiger partial charge in [0, 0.05) is 24.6 Å². The lowest BCUT2D eigenvalue weighted by Crippen LogP contribution is -2.32. The van der Waals surface area contributed by atoms with E-state index in [0.717, 1.165) is 30.8 Å². The Morgan fingerprint density at radius 2 is 2.42 bits per heavy atom. The van der Waals surface area contributed by atoms with Gasteiger partial charge >= 0.3 is 0 Å². The number of nitrogens with zero attached hydrogens (tertiary/aromatic N) is 3. The van der Waals surface area contributed by atoms with E-state index in [0.29, 0.717) is 6.42 Å². The maximum absolute atomic E-state index is 12.3. The first-order valence-corrected chi connectivity index (χ1v) is 6.52. The summed E-state index contributed by atoms with van der Waals surface area (Å²) in [7, 11) is 0. The van der Waals surface area contributed by atoms with Crippen molar-refractivity contribution >= 4 is 5.91 Å². The van der Waals surface area contributed by atoms with E-state index in [1.807, 2.05) is 23.1 Å². The second kappa shape index (κ2) is 5.22. The van der Waals surface area contributed by atoms with E-state index in [2.05, 4.69) is 15.0 Å². The molecule has 0 saturated carbocycles. The molecule has 1 amide bonds. The lowest BCUT2D eigenvalue weighted by Gasteiger charge is -2.24. The molecule has 1 aliphatic heterocycles. The van der Waals surface area contributed by atoms with Crippen molar-refractivity contribution in [3.63, 3.8) is 0 Å². The molecule has 2 aromatic rings. The van der Waals surface area contributed by atoms with Crippen LogP contribution in [0.15, 0.2) is 36.9 Å². The first kappa shape index (κ1) is 11.9. The minimum atomic E-state index is 0.122. The molecule has 0 bridgehead atoms. The summed E-state index contributed by atoms with van der Waals surface area (Å²) in [4.78, 5) is 25.6. The Hall–Kier alpha value is -2.17. The van der Waals surface area contributed by atoms with Gasteiger partial charge in [-0.05, 0) is 25.0 Å². The van der Waals surface area contributed by atoms with Crippen LogP contribution in [0.1, 0.15) is 30.3 Å². The lowest BCUT2D eigenvalue weighted by atomic mass is 10.1. The highest BCUT2D eigenvalue weighted by atomic mass is 16.2. The number of nitrogens with one attached hydrogen (secondary N) is 1. The number of hydrogen-bond acceptors (Lipinski definition) is 3. The van der Waals surface area contributed by atoms with Gasteiger partial charge in [-0.15, -0.1) is 0 Å². The van der Waals surface area contributed by atoms with Gasteiger partial charge in [-0.2, -0.15) is 0 Å². The van der Waals surface area contributed by atoms with Crippen LogP contribution in [0.3, 0.4) is 0 Å². The van der Waals surface area contributed by atoms with Gasteiger partial charge in [0.1, 0.15) is 0 Å². The standard InChI is InChI=1S/C14H16N4O/c19-14(8-11-9-15-10-17-11)18-7-3-5-13(18)12-4-1-2-6-16-12/h1-2,4,6,9-10,13H,3,5,7-8H2,(H,15,17)/t13-/m0/s1. The fraction of sp³-hybridized carbons (Fsp3) is 0.357. The van der Waals surface area contributed by atoms with Crippen LogP contribution in [0.25, 0.3) is 0 Å². The molecular formula is C14H16N4O. The summed E-state index contributed by atoms with van der Waals surface area (Å²) in [5.41, 5.74) is 1.84. The molecule has 1 atom stereocenters. The average Bonchev–Trinajstić information content (AvgIpc) is 3.10. The Labute approximate surface area is 111 Å². The van der Waals surface area contributed by atoms with Crippen LogP contribution >= 0.6 is 0 Å². The van der Waals surface area contributed by atoms with Crippen molar-refractivity contribution in [1.29, 1.82) is 0 Å². The molecular weight excluding hydrogens is 240 g/mol. The fourth-order valence-electron chi connectivity index (χ4n) is 2.59. The lowest BCUT2D eigenvalue weighted by molar-refractivity contribution is -0.131. The molecule has 19 heavy (non-hydrogen) atoms. The molecule has 98 valence electrons. The molecule has 1 saturated heterocycles. The van der Waals surface area contributed by atoms with E-state index in [4.69, 9.17) is 0 Å². The van der Waals surface area contributed by atoms with Crippen molar-refractivity contribution < 1.29 is 4.79 Å². The number of imidazole rings is 1. The second-order valence-electron chi connectivity index (χ2n) is 4.75. The predicted octanol–water partition coefficient (Wildman–Crippen LogP) is 1.71. The van der Waals surface area contributed by atoms with E-state index in [1.54, 1.807) is 18.7 Å². The minimum absolute atomic E-state index is 0.122. The van der Waals surface area contributed by atoms with Crippen molar-refractivity contribution in [2.24, 2.45) is 0 Å². The predicted molar refractivity (Wildman–Crippen MR) is 70.2 cm³/mol. The van der Waals surface area contributed by atoms with Gasteiger partial charge in [0.25, 0.3) is 0 Å². The number of hydrogen-bond donors (Lipinski definition) is 1. The largest absolute Gasteiger partial charge is 0.348 e. The van der Waals surface area contributed by atoms with Gasteiger partial charge < -0.3 is 9.88 Å². The summed E-state index contributed by atoms with van der Waals surface area (Å²) in [5.74, 6) is 0.136. The Morgan fingerprint density at radius 1 is 1.47 bits per heavy atom. The van der Waals surface area contributed by atoms with Crippen LogP contribution in [0, 0.1) is 0 Å². The van der Waals surface area contributed by atoms with Gasteiger partial charge in [0.2, 0.25) is 5.91 Å². The molecule has 1 fully saturated rings. The van der Waals surface area contributed by atoms with Crippen LogP contribution in [-0.2, 0) is 11.2 Å². The van der Waals surface area contributed by atoms with Crippen LogP contribution in [0.5, 0.6) is 0 Å². The van der Waals surface area contributed by atoms with E-state index < -0.39 is 0 Å². The molecule has 1 aliphatic rings. The minimum Gasteiger partial charge on any atom is -0.348 e. The van der Waals surface area contributed by atoms with E-state index >= 15 is 0 Å². The molecule has 3 rings (SSSR count). The molecule has 0 spiro atoms. The third-order valence-corrected chi connectivity index (χ3v) is 3.50. The van der Waals surface area contributed by atoms with Crippen molar-refractivity contribution in [1.82, 2.24) is 19.9 Å². The molecule has 3 heterocycles. The Kier molecular flexibility index (Phi) is 3.27. The number of carbonyl (C=O) groups is 1. The van der Waals surface area contributed by atoms with E-state index in [-0.39, 0.29) is 11.9 Å². The van der Waals surface area contributed by atoms with E-state index in [1.165, 1.54) is 0 Å². The van der Waals surface area contributed by atoms with Crippen LogP contribution in [-0.4, -0.2) is 32.3 Å². The van der Waals surface area contributed by atoms with Crippen LogP contribution in [0.2, 0.25) is 0 Å². The van der Waals surface area contributed by atoms with Gasteiger partial charge in [-0.25, -0.2) is 4.98 Å². The summed E-state index contributed by atoms with van der Waals surface area (Å²) in [5, 5.41) is 0. The van der Waals surface area contributed by atoms with Gasteiger partial charge in [0.05, 0.1) is 24.5 Å². The number of aromatic amines is 1. The Balaban J connectivity index is 1.74. The van der Waals surface area contributed by atoms with E-state index in [9.17, 15) is 4.79 Å². The van der Waals surface area contributed by atoms with Crippen molar-refractivity contribution in [2.75, 3.05) is 6.54 Å². The zero-order valence-corrected chi connectivity index (χ0v) is 10.6. The summed E-state index contributed by atoms with van der Waals surface area (Å²) < 4.78 is 0. The number of amides is 1. The van der Waals surface area contributed by atoms with Gasteiger partial charge in [-0.1, -0.05) is 6.07 Å². The number of rotatable bonds is 3. The normalized spacial score (nSPS) is 18.7. The summed E-state index contributed by atoms with van der Waals surface area (Å²) >= 11 is 0. The number of pyridine rings is 1. The highest BCUT2D eigenvalue weighted by Crippen LogP contribution is 2.30. The van der Waals surface area contributed by atoms with Crippen LogP contribution < -0.4 is 0 Å². The highest BCUT2D eigenvalue weighted by molar-refractivity contribution is 5.79. The zero-order chi connectivity index (χ0) is 13.1.